The molecule has 5 heteroatoms. The number of carbonyl (C=O) groups excluding carboxylic acids is 1. The molecule has 106 valence electrons. The fourth-order valence-corrected chi connectivity index (χ4v) is 2.44. The van der Waals surface area contributed by atoms with Crippen molar-refractivity contribution in [2.24, 2.45) is 0 Å². The van der Waals surface area contributed by atoms with E-state index in [1.54, 1.807) is 24.4 Å². The van der Waals surface area contributed by atoms with Crippen LogP contribution in [0.25, 0.3) is 10.9 Å². The standard InChI is InChI=1S/C16H14ClN3O/c1-9-10(2)19-13-6-5-11(8-12(9)13)16(21)20-14-4-3-7-18-15(14)17/h3-8,19H,1-2H3,(H,20,21). The SMILES string of the molecule is Cc1[nH]c2ccc(C(=O)Nc3cccnc3Cl)cc2c1C. The number of pyridine rings is 1. The number of hydrogen-bond acceptors (Lipinski definition) is 2. The van der Waals surface area contributed by atoms with Crippen LogP contribution in [0.5, 0.6) is 0 Å². The number of benzene rings is 1. The van der Waals surface area contributed by atoms with Gasteiger partial charge in [-0.2, -0.15) is 0 Å². The number of carbonyl (C=O) groups is 1. The van der Waals surface area contributed by atoms with E-state index in [1.165, 1.54) is 0 Å². The topological polar surface area (TPSA) is 57.8 Å². The number of nitrogens with one attached hydrogen (secondary N) is 2. The number of nitrogens with zero attached hydrogens (tertiary/aromatic N) is 1. The van der Waals surface area contributed by atoms with Crippen molar-refractivity contribution < 1.29 is 4.79 Å². The summed E-state index contributed by atoms with van der Waals surface area (Å²) >= 11 is 5.95. The Labute approximate surface area is 127 Å². The van der Waals surface area contributed by atoms with Gasteiger partial charge < -0.3 is 10.3 Å². The molecule has 4 nitrogen and oxygen atoms in total. The van der Waals surface area contributed by atoms with Crippen molar-refractivity contribution in [2.75, 3.05) is 5.32 Å². The van der Waals surface area contributed by atoms with Crippen molar-refractivity contribution in [1.82, 2.24) is 9.97 Å². The van der Waals surface area contributed by atoms with Crippen molar-refractivity contribution in [3.63, 3.8) is 0 Å². The van der Waals surface area contributed by atoms with Crippen LogP contribution < -0.4 is 5.32 Å². The molecule has 3 rings (SSSR count). The second kappa shape index (κ2) is 5.22. The Bertz CT molecular complexity index is 839. The first-order valence-electron chi connectivity index (χ1n) is 6.57. The summed E-state index contributed by atoms with van der Waals surface area (Å²) in [5.74, 6) is -0.204. The van der Waals surface area contributed by atoms with Crippen LogP contribution in [0, 0.1) is 13.8 Å². The third kappa shape index (κ3) is 2.50. The van der Waals surface area contributed by atoms with Gasteiger partial charge in [-0.05, 0) is 49.7 Å². The molecule has 0 atom stereocenters. The fourth-order valence-electron chi connectivity index (χ4n) is 2.28. The van der Waals surface area contributed by atoms with Crippen LogP contribution in [-0.4, -0.2) is 15.9 Å². The monoisotopic (exact) mass is 299 g/mol. The summed E-state index contributed by atoms with van der Waals surface area (Å²) in [5.41, 5.74) is 4.38. The summed E-state index contributed by atoms with van der Waals surface area (Å²) in [6.07, 6.45) is 1.58. The molecule has 1 amide bonds. The van der Waals surface area contributed by atoms with Crippen molar-refractivity contribution in [1.29, 1.82) is 0 Å². The molecule has 2 heterocycles. The first kappa shape index (κ1) is 13.6. The minimum atomic E-state index is -0.204. The Hall–Kier alpha value is -2.33. The molecule has 0 unspecified atom stereocenters. The molecule has 0 aliphatic heterocycles. The van der Waals surface area contributed by atoms with Gasteiger partial charge in [0.15, 0.2) is 5.15 Å². The third-order valence-electron chi connectivity index (χ3n) is 3.58. The van der Waals surface area contributed by atoms with Crippen molar-refractivity contribution >= 4 is 34.1 Å². The first-order valence-corrected chi connectivity index (χ1v) is 6.95. The molecule has 0 spiro atoms. The van der Waals surface area contributed by atoms with Crippen LogP contribution in [0.4, 0.5) is 5.69 Å². The van der Waals surface area contributed by atoms with Gasteiger partial charge in [-0.15, -0.1) is 0 Å². The first-order chi connectivity index (χ1) is 10.1. The second-order valence-corrected chi connectivity index (χ2v) is 5.29. The van der Waals surface area contributed by atoms with Gasteiger partial charge in [-0.25, -0.2) is 4.98 Å². The predicted octanol–water partition coefficient (Wildman–Crippen LogP) is 4.09. The maximum atomic E-state index is 12.3. The number of fused-ring (bicyclic) bond motifs is 1. The third-order valence-corrected chi connectivity index (χ3v) is 3.88. The summed E-state index contributed by atoms with van der Waals surface area (Å²) in [6, 6.07) is 9.03. The lowest BCUT2D eigenvalue weighted by Crippen LogP contribution is -2.12. The number of rotatable bonds is 2. The Morgan fingerprint density at radius 3 is 2.86 bits per heavy atom. The number of hydrogen-bond donors (Lipinski definition) is 2. The lowest BCUT2D eigenvalue weighted by atomic mass is 10.1. The largest absolute Gasteiger partial charge is 0.358 e. The quantitative estimate of drug-likeness (QED) is 0.700. The Morgan fingerprint density at radius 1 is 1.29 bits per heavy atom. The Balaban J connectivity index is 1.95. The van der Waals surface area contributed by atoms with Gasteiger partial charge in [0.25, 0.3) is 5.91 Å². The molecule has 21 heavy (non-hydrogen) atoms. The number of anilines is 1. The van der Waals surface area contributed by atoms with Gasteiger partial charge in [0.1, 0.15) is 0 Å². The molecule has 0 fully saturated rings. The summed E-state index contributed by atoms with van der Waals surface area (Å²) in [5, 5.41) is 4.11. The zero-order valence-electron chi connectivity index (χ0n) is 11.7. The van der Waals surface area contributed by atoms with Crippen molar-refractivity contribution in [2.45, 2.75) is 13.8 Å². The summed E-state index contributed by atoms with van der Waals surface area (Å²) < 4.78 is 0. The van der Waals surface area contributed by atoms with Crippen LogP contribution in [0.3, 0.4) is 0 Å². The molecule has 0 aliphatic carbocycles. The maximum Gasteiger partial charge on any atom is 0.255 e. The molecule has 3 aromatic rings. The number of aryl methyl sites for hydroxylation is 2. The Morgan fingerprint density at radius 2 is 2.10 bits per heavy atom. The maximum absolute atomic E-state index is 12.3. The highest BCUT2D eigenvalue weighted by Gasteiger charge is 2.11. The average molecular weight is 300 g/mol. The molecule has 2 aromatic heterocycles. The van der Waals surface area contributed by atoms with Gasteiger partial charge >= 0.3 is 0 Å². The molecular formula is C16H14ClN3O. The molecule has 0 saturated heterocycles. The van der Waals surface area contributed by atoms with Gasteiger partial charge in [-0.3, -0.25) is 4.79 Å². The van der Waals surface area contributed by atoms with Gasteiger partial charge in [0, 0.05) is 28.4 Å². The number of halogens is 1. The predicted molar refractivity (Wildman–Crippen MR) is 85.0 cm³/mol. The van der Waals surface area contributed by atoms with Crippen LogP contribution in [-0.2, 0) is 0 Å². The smallest absolute Gasteiger partial charge is 0.255 e. The average Bonchev–Trinajstić information content (AvgIpc) is 2.76. The summed E-state index contributed by atoms with van der Waals surface area (Å²) in [6.45, 7) is 4.05. The minimum Gasteiger partial charge on any atom is -0.358 e. The van der Waals surface area contributed by atoms with Gasteiger partial charge in [-0.1, -0.05) is 11.6 Å². The van der Waals surface area contributed by atoms with Crippen LogP contribution in [0.2, 0.25) is 5.15 Å². The highest BCUT2D eigenvalue weighted by Crippen LogP contribution is 2.23. The van der Waals surface area contributed by atoms with E-state index in [-0.39, 0.29) is 11.1 Å². The molecule has 0 radical (unpaired) electrons. The minimum absolute atomic E-state index is 0.204. The lowest BCUT2D eigenvalue weighted by molar-refractivity contribution is 0.102. The number of amides is 1. The molecule has 0 saturated carbocycles. The van der Waals surface area contributed by atoms with Gasteiger partial charge in [0.05, 0.1) is 5.69 Å². The number of aromatic nitrogens is 2. The van der Waals surface area contributed by atoms with Crippen molar-refractivity contribution in [3.8, 4) is 0 Å². The van der Waals surface area contributed by atoms with E-state index >= 15 is 0 Å². The zero-order chi connectivity index (χ0) is 15.0. The van der Waals surface area contributed by atoms with Crippen LogP contribution in [0.1, 0.15) is 21.6 Å². The number of H-pyrrole nitrogens is 1. The summed E-state index contributed by atoms with van der Waals surface area (Å²) in [7, 11) is 0. The normalized spacial score (nSPS) is 10.8. The van der Waals surface area contributed by atoms with Crippen molar-refractivity contribution in [3.05, 3.63) is 58.5 Å². The van der Waals surface area contributed by atoms with Crippen LogP contribution in [0.15, 0.2) is 36.5 Å². The molecular weight excluding hydrogens is 286 g/mol. The van der Waals surface area contributed by atoms with E-state index in [0.717, 1.165) is 22.2 Å². The Kier molecular flexibility index (Phi) is 3.39. The lowest BCUT2D eigenvalue weighted by Gasteiger charge is -2.06. The molecule has 0 aliphatic rings. The second-order valence-electron chi connectivity index (χ2n) is 4.93. The zero-order valence-corrected chi connectivity index (χ0v) is 12.5. The summed E-state index contributed by atoms with van der Waals surface area (Å²) in [4.78, 5) is 19.5. The highest BCUT2D eigenvalue weighted by molar-refractivity contribution is 6.32. The molecule has 0 bridgehead atoms. The van der Waals surface area contributed by atoms with E-state index in [1.807, 2.05) is 26.0 Å². The highest BCUT2D eigenvalue weighted by atomic mass is 35.5. The van der Waals surface area contributed by atoms with E-state index in [4.69, 9.17) is 11.6 Å². The van der Waals surface area contributed by atoms with Crippen LogP contribution >= 0.6 is 11.6 Å². The molecule has 2 N–H and O–H groups in total. The van der Waals surface area contributed by atoms with E-state index < -0.39 is 0 Å². The van der Waals surface area contributed by atoms with E-state index in [2.05, 4.69) is 15.3 Å². The van der Waals surface area contributed by atoms with Gasteiger partial charge in [0.2, 0.25) is 0 Å². The molecule has 1 aromatic carbocycles. The number of aromatic amines is 1. The van der Waals surface area contributed by atoms with E-state index in [9.17, 15) is 4.79 Å². The fraction of sp³-hybridized carbons (Fsp3) is 0.125. The van der Waals surface area contributed by atoms with E-state index in [0.29, 0.717) is 11.3 Å².